The molecule has 0 saturated carbocycles. The maximum absolute atomic E-state index is 10.8. The number of phosphoric ester groups is 1. The van der Waals surface area contributed by atoms with Crippen LogP contribution in [0.3, 0.4) is 0 Å². The number of hydrogen-bond donors (Lipinski definition) is 1. The van der Waals surface area contributed by atoms with Crippen molar-refractivity contribution >= 4 is 39.7 Å². The zero-order chi connectivity index (χ0) is 8.74. The standard InChI is InChI=1S/C4H9Br2O4P/c5-1-3-9-11(7,8)10-4-2-6/h1-4H2,(H,7,8). The molecule has 1 N–H and O–H groups in total. The summed E-state index contributed by atoms with van der Waals surface area (Å²) < 4.78 is 19.8. The summed E-state index contributed by atoms with van der Waals surface area (Å²) in [5, 5.41) is 1.02. The molecular weight excluding hydrogens is 303 g/mol. The number of phosphoric acid groups is 1. The second kappa shape index (κ2) is 6.57. The van der Waals surface area contributed by atoms with Crippen molar-refractivity contribution in [3.8, 4) is 0 Å². The van der Waals surface area contributed by atoms with Gasteiger partial charge >= 0.3 is 7.82 Å². The normalized spacial score (nSPS) is 11.9. The Kier molecular flexibility index (Phi) is 7.21. The predicted octanol–water partition coefficient (Wildman–Crippen LogP) is 1.91. The Bertz CT molecular complexity index is 130. The average Bonchev–Trinajstić information content (AvgIpc) is 1.97. The van der Waals surface area contributed by atoms with Crippen LogP contribution in [0.15, 0.2) is 0 Å². The Balaban J connectivity index is 3.53. The van der Waals surface area contributed by atoms with Crippen molar-refractivity contribution < 1.29 is 18.5 Å². The maximum atomic E-state index is 10.8. The SMILES string of the molecule is O=P(O)(OCCBr)OCCBr. The summed E-state index contributed by atoms with van der Waals surface area (Å²) in [4.78, 5) is 8.85. The summed E-state index contributed by atoms with van der Waals surface area (Å²) in [6, 6.07) is 0. The molecule has 4 nitrogen and oxygen atoms in total. The minimum Gasteiger partial charge on any atom is -0.302 e. The Labute approximate surface area is 82.1 Å². The van der Waals surface area contributed by atoms with Crippen LogP contribution in [-0.2, 0) is 13.6 Å². The van der Waals surface area contributed by atoms with Gasteiger partial charge in [0.05, 0.1) is 13.2 Å². The topological polar surface area (TPSA) is 55.8 Å². The Hall–Kier alpha value is 1.07. The van der Waals surface area contributed by atoms with Gasteiger partial charge in [-0.3, -0.25) is 9.05 Å². The maximum Gasteiger partial charge on any atom is 0.472 e. The first kappa shape index (κ1) is 12.1. The highest BCUT2D eigenvalue weighted by molar-refractivity contribution is 9.09. The monoisotopic (exact) mass is 310 g/mol. The summed E-state index contributed by atoms with van der Waals surface area (Å²) in [6.45, 7) is 0.326. The molecule has 0 aliphatic heterocycles. The molecule has 0 fully saturated rings. The Morgan fingerprint density at radius 2 is 1.55 bits per heavy atom. The lowest BCUT2D eigenvalue weighted by atomic mass is 10.9. The molecule has 68 valence electrons. The van der Waals surface area contributed by atoms with Gasteiger partial charge in [0.2, 0.25) is 0 Å². The van der Waals surface area contributed by atoms with E-state index in [0.717, 1.165) is 0 Å². The minimum absolute atomic E-state index is 0.163. The van der Waals surface area contributed by atoms with Gasteiger partial charge in [-0.05, 0) is 0 Å². The lowest BCUT2D eigenvalue weighted by Crippen LogP contribution is -1.99. The first-order valence-electron chi connectivity index (χ1n) is 2.86. The highest BCUT2D eigenvalue weighted by Crippen LogP contribution is 2.42. The molecule has 0 aliphatic rings. The number of hydrogen-bond acceptors (Lipinski definition) is 3. The fraction of sp³-hybridized carbons (Fsp3) is 1.00. The molecular formula is C4H9Br2O4P. The number of halogens is 2. The van der Waals surface area contributed by atoms with Crippen LogP contribution in [0.5, 0.6) is 0 Å². The third-order valence-corrected chi connectivity index (χ3v) is 2.33. The lowest BCUT2D eigenvalue weighted by Gasteiger charge is -2.09. The Morgan fingerprint density at radius 3 is 1.82 bits per heavy atom. The number of alkyl halides is 2. The van der Waals surface area contributed by atoms with E-state index in [2.05, 4.69) is 40.9 Å². The molecule has 0 radical (unpaired) electrons. The second-order valence-corrected chi connectivity index (χ2v) is 4.55. The molecule has 11 heavy (non-hydrogen) atoms. The zero-order valence-corrected chi connectivity index (χ0v) is 9.77. The number of rotatable bonds is 6. The zero-order valence-electron chi connectivity index (χ0n) is 5.70. The van der Waals surface area contributed by atoms with Crippen LogP contribution in [0.25, 0.3) is 0 Å². The summed E-state index contributed by atoms with van der Waals surface area (Å²) >= 11 is 6.10. The van der Waals surface area contributed by atoms with Gasteiger partial charge < -0.3 is 4.89 Å². The van der Waals surface area contributed by atoms with Crippen LogP contribution in [0.1, 0.15) is 0 Å². The van der Waals surface area contributed by atoms with E-state index in [1.165, 1.54) is 0 Å². The van der Waals surface area contributed by atoms with E-state index in [9.17, 15) is 4.57 Å². The summed E-state index contributed by atoms with van der Waals surface area (Å²) in [7, 11) is -3.79. The van der Waals surface area contributed by atoms with Crippen molar-refractivity contribution in [1.29, 1.82) is 0 Å². The smallest absolute Gasteiger partial charge is 0.302 e. The average molecular weight is 312 g/mol. The van der Waals surface area contributed by atoms with Crippen molar-refractivity contribution in [2.45, 2.75) is 0 Å². The van der Waals surface area contributed by atoms with Crippen LogP contribution in [0.2, 0.25) is 0 Å². The second-order valence-electron chi connectivity index (χ2n) is 1.51. The van der Waals surface area contributed by atoms with Gasteiger partial charge in [-0.2, -0.15) is 0 Å². The van der Waals surface area contributed by atoms with Gasteiger partial charge in [0.15, 0.2) is 0 Å². The van der Waals surface area contributed by atoms with Crippen LogP contribution >= 0.6 is 39.7 Å². The van der Waals surface area contributed by atoms with Gasteiger partial charge in [-0.1, -0.05) is 31.9 Å². The molecule has 0 atom stereocenters. The highest BCUT2D eigenvalue weighted by Gasteiger charge is 2.19. The fourth-order valence-corrected chi connectivity index (χ4v) is 1.88. The van der Waals surface area contributed by atoms with E-state index in [-0.39, 0.29) is 13.2 Å². The van der Waals surface area contributed by atoms with E-state index in [1.807, 2.05) is 0 Å². The fourth-order valence-electron chi connectivity index (χ4n) is 0.337. The minimum atomic E-state index is -3.79. The molecule has 0 heterocycles. The van der Waals surface area contributed by atoms with E-state index in [1.54, 1.807) is 0 Å². The van der Waals surface area contributed by atoms with Crippen LogP contribution in [0.4, 0.5) is 0 Å². The third-order valence-electron chi connectivity index (χ3n) is 0.663. The first-order chi connectivity index (χ1) is 5.12. The molecule has 0 aromatic rings. The molecule has 0 saturated heterocycles. The van der Waals surface area contributed by atoms with E-state index < -0.39 is 7.82 Å². The summed E-state index contributed by atoms with van der Waals surface area (Å²) in [6.07, 6.45) is 0. The van der Waals surface area contributed by atoms with Gasteiger partial charge in [-0.25, -0.2) is 4.57 Å². The molecule has 0 aromatic carbocycles. The molecule has 0 aromatic heterocycles. The van der Waals surface area contributed by atoms with Crippen molar-refractivity contribution in [2.24, 2.45) is 0 Å². The van der Waals surface area contributed by atoms with Crippen LogP contribution < -0.4 is 0 Å². The largest absolute Gasteiger partial charge is 0.472 e. The van der Waals surface area contributed by atoms with Crippen molar-refractivity contribution in [2.75, 3.05) is 23.9 Å². The first-order valence-corrected chi connectivity index (χ1v) is 6.60. The predicted molar refractivity (Wildman–Crippen MR) is 49.3 cm³/mol. The van der Waals surface area contributed by atoms with Crippen molar-refractivity contribution in [3.63, 3.8) is 0 Å². The summed E-state index contributed by atoms with van der Waals surface area (Å²) in [5.41, 5.74) is 0. The molecule has 0 unspecified atom stereocenters. The third kappa shape index (κ3) is 7.43. The molecule has 0 rings (SSSR count). The quantitative estimate of drug-likeness (QED) is 0.601. The molecule has 0 aliphatic carbocycles. The molecule has 0 amide bonds. The van der Waals surface area contributed by atoms with E-state index in [0.29, 0.717) is 10.7 Å². The van der Waals surface area contributed by atoms with Gasteiger partial charge in [0, 0.05) is 10.7 Å². The molecule has 0 spiro atoms. The van der Waals surface area contributed by atoms with Gasteiger partial charge in [0.25, 0.3) is 0 Å². The Morgan fingerprint density at radius 1 is 1.18 bits per heavy atom. The van der Waals surface area contributed by atoms with Crippen molar-refractivity contribution in [1.82, 2.24) is 0 Å². The highest BCUT2D eigenvalue weighted by atomic mass is 79.9. The van der Waals surface area contributed by atoms with Crippen LogP contribution in [0, 0.1) is 0 Å². The van der Waals surface area contributed by atoms with Gasteiger partial charge in [0.1, 0.15) is 0 Å². The molecule has 0 bridgehead atoms. The van der Waals surface area contributed by atoms with Crippen LogP contribution in [-0.4, -0.2) is 28.8 Å². The van der Waals surface area contributed by atoms with Crippen molar-refractivity contribution in [3.05, 3.63) is 0 Å². The van der Waals surface area contributed by atoms with E-state index >= 15 is 0 Å². The summed E-state index contributed by atoms with van der Waals surface area (Å²) in [5.74, 6) is 0. The lowest BCUT2D eigenvalue weighted by molar-refractivity contribution is 0.164. The molecule has 7 heteroatoms. The van der Waals surface area contributed by atoms with E-state index in [4.69, 9.17) is 4.89 Å². The van der Waals surface area contributed by atoms with Gasteiger partial charge in [-0.15, -0.1) is 0 Å².